The first-order valence-electron chi connectivity index (χ1n) is 5.20. The van der Waals surface area contributed by atoms with Crippen molar-refractivity contribution in [3.8, 4) is 0 Å². The van der Waals surface area contributed by atoms with E-state index in [1.54, 1.807) is 17.0 Å². The zero-order valence-corrected chi connectivity index (χ0v) is 9.47. The van der Waals surface area contributed by atoms with Crippen molar-refractivity contribution in [1.82, 2.24) is 4.90 Å². The molecule has 0 fully saturated rings. The number of benzene rings is 1. The second-order valence-corrected chi connectivity index (χ2v) is 4.05. The summed E-state index contributed by atoms with van der Waals surface area (Å²) in [7, 11) is 0. The summed E-state index contributed by atoms with van der Waals surface area (Å²) in [6.07, 6.45) is 0. The van der Waals surface area contributed by atoms with Gasteiger partial charge in [0.15, 0.2) is 0 Å². The SMILES string of the molecule is C=C1CN(C(C)=O)Cc2cccc([N+](=O)[O-])c21. The molecular weight excluding hydrogens is 220 g/mol. The molecule has 1 aliphatic rings. The lowest BCUT2D eigenvalue weighted by Gasteiger charge is -2.29. The van der Waals surface area contributed by atoms with Crippen molar-refractivity contribution in [2.75, 3.05) is 6.54 Å². The van der Waals surface area contributed by atoms with Crippen LogP contribution in [0.3, 0.4) is 0 Å². The van der Waals surface area contributed by atoms with E-state index in [0.717, 1.165) is 5.56 Å². The number of rotatable bonds is 1. The van der Waals surface area contributed by atoms with Crippen LogP contribution in [0.2, 0.25) is 0 Å². The van der Waals surface area contributed by atoms with Gasteiger partial charge in [-0.2, -0.15) is 0 Å². The average Bonchev–Trinajstić information content (AvgIpc) is 2.27. The number of hydrogen-bond acceptors (Lipinski definition) is 3. The Morgan fingerprint density at radius 2 is 2.18 bits per heavy atom. The second kappa shape index (κ2) is 4.01. The van der Waals surface area contributed by atoms with Crippen LogP contribution in [0.25, 0.3) is 5.57 Å². The summed E-state index contributed by atoms with van der Waals surface area (Å²) in [5.74, 6) is -0.0525. The van der Waals surface area contributed by atoms with Crippen molar-refractivity contribution in [2.45, 2.75) is 13.5 Å². The molecule has 88 valence electrons. The Morgan fingerprint density at radius 1 is 1.47 bits per heavy atom. The molecule has 17 heavy (non-hydrogen) atoms. The third kappa shape index (κ3) is 1.91. The first-order chi connectivity index (χ1) is 8.00. The highest BCUT2D eigenvalue weighted by molar-refractivity contribution is 5.82. The molecule has 5 nitrogen and oxygen atoms in total. The third-order valence-electron chi connectivity index (χ3n) is 2.87. The molecule has 0 spiro atoms. The van der Waals surface area contributed by atoms with Gasteiger partial charge in [0.05, 0.1) is 10.5 Å². The molecule has 0 N–H and O–H groups in total. The van der Waals surface area contributed by atoms with Crippen molar-refractivity contribution in [1.29, 1.82) is 0 Å². The van der Waals surface area contributed by atoms with E-state index in [0.29, 0.717) is 24.2 Å². The van der Waals surface area contributed by atoms with Gasteiger partial charge >= 0.3 is 0 Å². The Balaban J connectivity index is 2.51. The van der Waals surface area contributed by atoms with Crippen molar-refractivity contribution >= 4 is 17.2 Å². The minimum atomic E-state index is -0.409. The largest absolute Gasteiger partial charge is 0.334 e. The molecule has 1 aromatic rings. The van der Waals surface area contributed by atoms with Crippen molar-refractivity contribution < 1.29 is 9.72 Å². The molecule has 0 radical (unpaired) electrons. The average molecular weight is 232 g/mol. The molecule has 0 aromatic heterocycles. The van der Waals surface area contributed by atoms with Crippen LogP contribution in [0.1, 0.15) is 18.1 Å². The second-order valence-electron chi connectivity index (χ2n) is 4.05. The molecule has 0 aliphatic carbocycles. The number of hydrogen-bond donors (Lipinski definition) is 0. The minimum Gasteiger partial charge on any atom is -0.334 e. The van der Waals surface area contributed by atoms with Crippen LogP contribution in [-0.4, -0.2) is 22.3 Å². The van der Waals surface area contributed by atoms with Crippen molar-refractivity contribution in [2.24, 2.45) is 0 Å². The third-order valence-corrected chi connectivity index (χ3v) is 2.87. The van der Waals surface area contributed by atoms with Gasteiger partial charge in [0.25, 0.3) is 5.69 Å². The Labute approximate surface area is 98.5 Å². The van der Waals surface area contributed by atoms with Gasteiger partial charge in [-0.1, -0.05) is 18.7 Å². The fraction of sp³-hybridized carbons (Fsp3) is 0.250. The van der Waals surface area contributed by atoms with Crippen LogP contribution >= 0.6 is 0 Å². The molecule has 0 unspecified atom stereocenters. The number of fused-ring (bicyclic) bond motifs is 1. The highest BCUT2D eigenvalue weighted by Gasteiger charge is 2.27. The van der Waals surface area contributed by atoms with Crippen LogP contribution in [0.4, 0.5) is 5.69 Å². The summed E-state index contributed by atoms with van der Waals surface area (Å²) in [5, 5.41) is 10.9. The van der Waals surface area contributed by atoms with Gasteiger partial charge in [-0.05, 0) is 11.1 Å². The topological polar surface area (TPSA) is 63.5 Å². The molecule has 0 atom stereocenters. The summed E-state index contributed by atoms with van der Waals surface area (Å²) < 4.78 is 0. The minimum absolute atomic E-state index is 0.0525. The number of carbonyl (C=O) groups is 1. The first-order valence-corrected chi connectivity index (χ1v) is 5.20. The first kappa shape index (κ1) is 11.3. The van der Waals surface area contributed by atoms with Gasteiger partial charge in [0.1, 0.15) is 0 Å². The fourth-order valence-electron chi connectivity index (χ4n) is 2.07. The summed E-state index contributed by atoms with van der Waals surface area (Å²) in [5.41, 5.74) is 2.05. The van der Waals surface area contributed by atoms with E-state index in [4.69, 9.17) is 0 Å². The van der Waals surface area contributed by atoms with Gasteiger partial charge in [0.2, 0.25) is 5.91 Å². The van der Waals surface area contributed by atoms with Crippen molar-refractivity contribution in [3.05, 3.63) is 46.0 Å². The summed E-state index contributed by atoms with van der Waals surface area (Å²) >= 11 is 0. The molecule has 1 heterocycles. The van der Waals surface area contributed by atoms with Gasteiger partial charge in [-0.15, -0.1) is 0 Å². The molecule has 0 saturated heterocycles. The van der Waals surface area contributed by atoms with E-state index in [1.165, 1.54) is 13.0 Å². The normalized spacial score (nSPS) is 14.4. The van der Waals surface area contributed by atoms with Gasteiger partial charge in [-0.3, -0.25) is 14.9 Å². The monoisotopic (exact) mass is 232 g/mol. The van der Waals surface area contributed by atoms with Crippen LogP contribution in [0.5, 0.6) is 0 Å². The highest BCUT2D eigenvalue weighted by Crippen LogP contribution is 2.33. The van der Waals surface area contributed by atoms with Gasteiger partial charge in [-0.25, -0.2) is 0 Å². The summed E-state index contributed by atoms with van der Waals surface area (Å²) in [4.78, 5) is 23.5. The Kier molecular flexibility index (Phi) is 2.67. The molecule has 2 rings (SSSR count). The maximum atomic E-state index is 11.3. The number of carbonyl (C=O) groups excluding carboxylic acids is 1. The van der Waals surface area contributed by atoms with E-state index < -0.39 is 4.92 Å². The highest BCUT2D eigenvalue weighted by atomic mass is 16.6. The van der Waals surface area contributed by atoms with E-state index >= 15 is 0 Å². The maximum Gasteiger partial charge on any atom is 0.277 e. The number of nitro benzene ring substituents is 1. The Bertz CT molecular complexity index is 522. The molecule has 0 bridgehead atoms. The number of nitro groups is 1. The fourth-order valence-corrected chi connectivity index (χ4v) is 2.07. The lowest BCUT2D eigenvalue weighted by molar-refractivity contribution is -0.385. The van der Waals surface area contributed by atoms with Crippen LogP contribution in [0.15, 0.2) is 24.8 Å². The zero-order valence-electron chi connectivity index (χ0n) is 9.47. The smallest absolute Gasteiger partial charge is 0.277 e. The predicted octanol–water partition coefficient (Wildman–Crippen LogP) is 1.97. The lowest BCUT2D eigenvalue weighted by atomic mass is 9.94. The molecule has 0 saturated carbocycles. The number of nitrogens with zero attached hydrogens (tertiary/aromatic N) is 2. The van der Waals surface area contributed by atoms with Crippen LogP contribution in [-0.2, 0) is 11.3 Å². The summed E-state index contributed by atoms with van der Waals surface area (Å²) in [6.45, 7) is 6.08. The standard InChI is InChI=1S/C12H12N2O3/c1-8-6-13(9(2)15)7-10-4-3-5-11(12(8)10)14(16)17/h3-5H,1,6-7H2,2H3. The predicted molar refractivity (Wildman–Crippen MR) is 63.2 cm³/mol. The van der Waals surface area contributed by atoms with E-state index in [2.05, 4.69) is 6.58 Å². The maximum absolute atomic E-state index is 11.3. The van der Waals surface area contributed by atoms with Gasteiger partial charge in [0, 0.05) is 26.1 Å². The molecule has 5 heteroatoms. The van der Waals surface area contributed by atoms with E-state index in [-0.39, 0.29) is 11.6 Å². The Morgan fingerprint density at radius 3 is 2.76 bits per heavy atom. The number of amides is 1. The molecule has 1 aliphatic heterocycles. The van der Waals surface area contributed by atoms with E-state index in [1.807, 2.05) is 0 Å². The molecular formula is C12H12N2O3. The van der Waals surface area contributed by atoms with Gasteiger partial charge < -0.3 is 4.90 Å². The quantitative estimate of drug-likeness (QED) is 0.549. The zero-order chi connectivity index (χ0) is 12.6. The van der Waals surface area contributed by atoms with E-state index in [9.17, 15) is 14.9 Å². The molecule has 1 amide bonds. The molecule has 1 aromatic carbocycles. The van der Waals surface area contributed by atoms with Crippen molar-refractivity contribution in [3.63, 3.8) is 0 Å². The Hall–Kier alpha value is -2.17. The van der Waals surface area contributed by atoms with Crippen LogP contribution < -0.4 is 0 Å². The lowest BCUT2D eigenvalue weighted by Crippen LogP contribution is -2.33. The van der Waals surface area contributed by atoms with Crippen LogP contribution in [0, 0.1) is 10.1 Å². The summed E-state index contributed by atoms with van der Waals surface area (Å²) in [6, 6.07) is 4.89.